The first-order valence-corrected chi connectivity index (χ1v) is 4.13. The van der Waals surface area contributed by atoms with Crippen LogP contribution in [0.3, 0.4) is 0 Å². The van der Waals surface area contributed by atoms with E-state index in [1.54, 1.807) is 0 Å². The van der Waals surface area contributed by atoms with Gasteiger partial charge in [-0.1, -0.05) is 0 Å². The number of aromatic nitrogens is 1. The minimum atomic E-state index is -0.390. The zero-order valence-corrected chi connectivity index (χ0v) is 7.25. The summed E-state index contributed by atoms with van der Waals surface area (Å²) < 4.78 is 12.9. The Balaban J connectivity index is 2.88. The molecule has 3 nitrogen and oxygen atoms in total. The van der Waals surface area contributed by atoms with Crippen LogP contribution in [0.1, 0.15) is 5.56 Å². The number of halogens is 1. The molecule has 1 aromatic heterocycles. The number of H-pyrrole nitrogens is 1. The summed E-state index contributed by atoms with van der Waals surface area (Å²) in [5.74, 6) is -0.390. The molecule has 2 N–H and O–H groups in total. The number of benzene rings is 1. The standard InChI is InChI=1S/C10H8FNO2/c11-7-1-2-9-8(4-7)6(5-13)3-10(14)12-9/h1-4,13H,5H2,(H,12,14). The Morgan fingerprint density at radius 2 is 2.14 bits per heavy atom. The summed E-state index contributed by atoms with van der Waals surface area (Å²) in [5, 5.41) is 9.51. The molecule has 1 heterocycles. The third kappa shape index (κ3) is 1.40. The second kappa shape index (κ2) is 3.23. The van der Waals surface area contributed by atoms with Gasteiger partial charge in [0.05, 0.1) is 6.61 Å². The van der Waals surface area contributed by atoms with E-state index in [4.69, 9.17) is 5.11 Å². The third-order valence-electron chi connectivity index (χ3n) is 2.06. The molecule has 0 bridgehead atoms. The monoisotopic (exact) mass is 193 g/mol. The number of hydrogen-bond acceptors (Lipinski definition) is 2. The van der Waals surface area contributed by atoms with Crippen molar-refractivity contribution >= 4 is 10.9 Å². The molecule has 14 heavy (non-hydrogen) atoms. The fourth-order valence-corrected chi connectivity index (χ4v) is 1.43. The van der Waals surface area contributed by atoms with E-state index < -0.39 is 0 Å². The fraction of sp³-hybridized carbons (Fsp3) is 0.100. The average Bonchev–Trinajstić information content (AvgIpc) is 2.17. The van der Waals surface area contributed by atoms with Crippen LogP contribution in [0.5, 0.6) is 0 Å². The molecule has 0 unspecified atom stereocenters. The minimum absolute atomic E-state index is 0.274. The number of fused-ring (bicyclic) bond motifs is 1. The first kappa shape index (κ1) is 8.90. The van der Waals surface area contributed by atoms with Crippen LogP contribution in [0, 0.1) is 5.82 Å². The van der Waals surface area contributed by atoms with Crippen LogP contribution in [0.25, 0.3) is 10.9 Å². The van der Waals surface area contributed by atoms with E-state index in [9.17, 15) is 9.18 Å². The van der Waals surface area contributed by atoms with E-state index >= 15 is 0 Å². The molecule has 0 saturated carbocycles. The largest absolute Gasteiger partial charge is 0.392 e. The predicted molar refractivity (Wildman–Crippen MR) is 50.4 cm³/mol. The number of rotatable bonds is 1. The highest BCUT2D eigenvalue weighted by molar-refractivity contribution is 5.81. The lowest BCUT2D eigenvalue weighted by molar-refractivity contribution is 0.283. The molecule has 2 rings (SSSR count). The van der Waals surface area contributed by atoms with Gasteiger partial charge < -0.3 is 10.1 Å². The number of pyridine rings is 1. The van der Waals surface area contributed by atoms with Crippen molar-refractivity contribution in [1.82, 2.24) is 4.98 Å². The minimum Gasteiger partial charge on any atom is -0.392 e. The van der Waals surface area contributed by atoms with E-state index in [1.807, 2.05) is 0 Å². The van der Waals surface area contributed by atoms with Crippen molar-refractivity contribution in [3.63, 3.8) is 0 Å². The molecule has 1 aromatic carbocycles. The second-order valence-electron chi connectivity index (χ2n) is 3.01. The quantitative estimate of drug-likeness (QED) is 0.714. The van der Waals surface area contributed by atoms with Crippen LogP contribution in [-0.2, 0) is 6.61 Å². The van der Waals surface area contributed by atoms with Crippen molar-refractivity contribution in [2.75, 3.05) is 0 Å². The molecule has 0 atom stereocenters. The van der Waals surface area contributed by atoms with E-state index in [0.29, 0.717) is 16.5 Å². The Labute approximate surface area is 78.8 Å². The fourth-order valence-electron chi connectivity index (χ4n) is 1.43. The molecular weight excluding hydrogens is 185 g/mol. The molecule has 0 spiro atoms. The van der Waals surface area contributed by atoms with E-state index in [0.717, 1.165) is 0 Å². The lowest BCUT2D eigenvalue weighted by atomic mass is 10.1. The number of hydrogen-bond donors (Lipinski definition) is 2. The van der Waals surface area contributed by atoms with Crippen molar-refractivity contribution in [3.05, 3.63) is 46.0 Å². The summed E-state index contributed by atoms with van der Waals surface area (Å²) in [5.41, 5.74) is 0.666. The van der Waals surface area contributed by atoms with Gasteiger partial charge in [-0.25, -0.2) is 4.39 Å². The summed E-state index contributed by atoms with van der Waals surface area (Å²) in [4.78, 5) is 13.6. The average molecular weight is 193 g/mol. The topological polar surface area (TPSA) is 53.1 Å². The molecule has 0 aliphatic rings. The predicted octanol–water partition coefficient (Wildman–Crippen LogP) is 1.16. The summed E-state index contributed by atoms with van der Waals surface area (Å²) >= 11 is 0. The third-order valence-corrected chi connectivity index (χ3v) is 2.06. The van der Waals surface area contributed by atoms with Gasteiger partial charge in [-0.2, -0.15) is 0 Å². The van der Waals surface area contributed by atoms with E-state index in [2.05, 4.69) is 4.98 Å². The summed E-state index contributed by atoms with van der Waals surface area (Å²) in [6.07, 6.45) is 0. The van der Waals surface area contributed by atoms with Crippen LogP contribution in [0.15, 0.2) is 29.1 Å². The maximum absolute atomic E-state index is 12.9. The molecular formula is C10H8FNO2. The van der Waals surface area contributed by atoms with Crippen LogP contribution >= 0.6 is 0 Å². The zero-order chi connectivity index (χ0) is 10.1. The van der Waals surface area contributed by atoms with Gasteiger partial charge >= 0.3 is 0 Å². The SMILES string of the molecule is O=c1cc(CO)c2cc(F)ccc2[nH]1. The summed E-state index contributed by atoms with van der Waals surface area (Å²) in [6, 6.07) is 5.29. The Bertz CT molecular complexity index is 533. The van der Waals surface area contributed by atoms with Crippen molar-refractivity contribution < 1.29 is 9.50 Å². The van der Waals surface area contributed by atoms with Crippen LogP contribution < -0.4 is 5.56 Å². The van der Waals surface area contributed by atoms with Crippen molar-refractivity contribution in [2.45, 2.75) is 6.61 Å². The van der Waals surface area contributed by atoms with Gasteiger partial charge in [0, 0.05) is 17.0 Å². The molecule has 4 heteroatoms. The van der Waals surface area contributed by atoms with Gasteiger partial charge in [-0.3, -0.25) is 4.79 Å². The van der Waals surface area contributed by atoms with Gasteiger partial charge in [0.1, 0.15) is 5.82 Å². The van der Waals surface area contributed by atoms with Gasteiger partial charge in [0.15, 0.2) is 0 Å². The van der Waals surface area contributed by atoms with E-state index in [1.165, 1.54) is 24.3 Å². The highest BCUT2D eigenvalue weighted by atomic mass is 19.1. The molecule has 0 fully saturated rings. The smallest absolute Gasteiger partial charge is 0.248 e. The molecule has 0 radical (unpaired) electrons. The molecule has 0 aliphatic heterocycles. The number of nitrogens with one attached hydrogen (secondary N) is 1. The number of aliphatic hydroxyl groups excluding tert-OH is 1. The molecule has 0 aliphatic carbocycles. The number of aromatic amines is 1. The lowest BCUT2D eigenvalue weighted by Crippen LogP contribution is -2.06. The summed E-state index contributed by atoms with van der Waals surface area (Å²) in [7, 11) is 0. The first-order valence-electron chi connectivity index (χ1n) is 4.13. The zero-order valence-electron chi connectivity index (χ0n) is 7.25. The van der Waals surface area contributed by atoms with Gasteiger partial charge in [0.2, 0.25) is 5.56 Å². The van der Waals surface area contributed by atoms with Crippen LogP contribution in [0.2, 0.25) is 0 Å². The molecule has 0 amide bonds. The Morgan fingerprint density at radius 3 is 2.86 bits per heavy atom. The maximum Gasteiger partial charge on any atom is 0.248 e. The van der Waals surface area contributed by atoms with Crippen molar-refractivity contribution in [2.24, 2.45) is 0 Å². The Morgan fingerprint density at radius 1 is 1.36 bits per heavy atom. The second-order valence-corrected chi connectivity index (χ2v) is 3.01. The number of aliphatic hydroxyl groups is 1. The Hall–Kier alpha value is -1.68. The van der Waals surface area contributed by atoms with E-state index in [-0.39, 0.29) is 18.0 Å². The normalized spacial score (nSPS) is 10.7. The maximum atomic E-state index is 12.9. The van der Waals surface area contributed by atoms with Gasteiger partial charge in [-0.05, 0) is 23.8 Å². The molecule has 72 valence electrons. The first-order chi connectivity index (χ1) is 6.70. The highest BCUT2D eigenvalue weighted by Gasteiger charge is 2.03. The van der Waals surface area contributed by atoms with Crippen molar-refractivity contribution in [3.8, 4) is 0 Å². The van der Waals surface area contributed by atoms with Gasteiger partial charge in [0.25, 0.3) is 0 Å². The summed E-state index contributed by atoms with van der Waals surface area (Å²) in [6.45, 7) is -0.274. The van der Waals surface area contributed by atoms with Crippen LogP contribution in [0.4, 0.5) is 4.39 Å². The highest BCUT2D eigenvalue weighted by Crippen LogP contribution is 2.16. The molecule has 0 saturated heterocycles. The lowest BCUT2D eigenvalue weighted by Gasteiger charge is -2.02. The van der Waals surface area contributed by atoms with Crippen molar-refractivity contribution in [1.29, 1.82) is 0 Å². The van der Waals surface area contributed by atoms with Crippen LogP contribution in [-0.4, -0.2) is 10.1 Å². The molecule has 2 aromatic rings. The Kier molecular flexibility index (Phi) is 2.05. The van der Waals surface area contributed by atoms with Gasteiger partial charge in [-0.15, -0.1) is 0 Å².